The van der Waals surface area contributed by atoms with Gasteiger partial charge in [0.25, 0.3) is 5.56 Å². The number of pyridine rings is 1. The molecule has 0 bridgehead atoms. The average Bonchev–Trinajstić information content (AvgIpc) is 2.48. The Morgan fingerprint density at radius 3 is 2.90 bits per heavy atom. The van der Waals surface area contributed by atoms with E-state index in [4.69, 9.17) is 0 Å². The minimum absolute atomic E-state index is 0.0105. The molecule has 3 aromatic rings. The van der Waals surface area contributed by atoms with E-state index in [-0.39, 0.29) is 11.6 Å². The molecule has 4 heteroatoms. The fourth-order valence-corrected chi connectivity index (χ4v) is 2.52. The Labute approximate surface area is 123 Å². The third kappa shape index (κ3) is 2.70. The molecule has 0 N–H and O–H groups in total. The summed E-state index contributed by atoms with van der Waals surface area (Å²) in [7, 11) is 0. The van der Waals surface area contributed by atoms with Crippen LogP contribution in [0.25, 0.3) is 10.9 Å². The van der Waals surface area contributed by atoms with Gasteiger partial charge in [-0.3, -0.25) is 14.3 Å². The number of aromatic nitrogens is 3. The van der Waals surface area contributed by atoms with Crippen molar-refractivity contribution in [2.75, 3.05) is 0 Å². The molecule has 0 aliphatic carbocycles. The van der Waals surface area contributed by atoms with Crippen LogP contribution in [0.5, 0.6) is 0 Å². The van der Waals surface area contributed by atoms with Crippen molar-refractivity contribution in [3.8, 4) is 0 Å². The van der Waals surface area contributed by atoms with E-state index < -0.39 is 0 Å². The van der Waals surface area contributed by atoms with Gasteiger partial charge >= 0.3 is 0 Å². The first-order valence-corrected chi connectivity index (χ1v) is 7.01. The number of rotatable bonds is 3. The Morgan fingerprint density at radius 2 is 2.14 bits per heavy atom. The molecule has 1 atom stereocenters. The van der Waals surface area contributed by atoms with Crippen molar-refractivity contribution in [3.63, 3.8) is 0 Å². The van der Waals surface area contributed by atoms with E-state index in [1.165, 1.54) is 0 Å². The van der Waals surface area contributed by atoms with E-state index >= 15 is 0 Å². The highest BCUT2D eigenvalue weighted by Gasteiger charge is 2.11. The number of nitrogens with zero attached hydrogens (tertiary/aromatic N) is 3. The standard InChI is InChI=1S/C17H17N3O/c1-12-5-6-15-16(8-12)19-11-20(17(15)21)13(2)9-14-4-3-7-18-10-14/h3-8,10-11,13H,9H2,1-2H3. The lowest BCUT2D eigenvalue weighted by Gasteiger charge is -2.15. The molecule has 0 aliphatic heterocycles. The van der Waals surface area contributed by atoms with Crippen LogP contribution >= 0.6 is 0 Å². The molecule has 1 aromatic carbocycles. The molecule has 2 heterocycles. The largest absolute Gasteiger partial charge is 0.296 e. The van der Waals surface area contributed by atoms with Crippen molar-refractivity contribution in [2.24, 2.45) is 0 Å². The van der Waals surface area contributed by atoms with Crippen LogP contribution in [0.3, 0.4) is 0 Å². The number of aryl methyl sites for hydroxylation is 1. The van der Waals surface area contributed by atoms with Gasteiger partial charge in [0.15, 0.2) is 0 Å². The molecule has 0 radical (unpaired) electrons. The van der Waals surface area contributed by atoms with Crippen molar-refractivity contribution in [1.82, 2.24) is 14.5 Å². The predicted molar refractivity (Wildman–Crippen MR) is 83.4 cm³/mol. The van der Waals surface area contributed by atoms with Gasteiger partial charge in [-0.1, -0.05) is 12.1 Å². The maximum absolute atomic E-state index is 12.6. The molecule has 1 unspecified atom stereocenters. The van der Waals surface area contributed by atoms with E-state index in [0.29, 0.717) is 5.39 Å². The molecule has 2 aromatic heterocycles. The molecular weight excluding hydrogens is 262 g/mol. The third-order valence-corrected chi connectivity index (χ3v) is 3.67. The topological polar surface area (TPSA) is 47.8 Å². The van der Waals surface area contributed by atoms with E-state index in [1.54, 1.807) is 17.1 Å². The minimum atomic E-state index is 0.0105. The Kier molecular flexibility index (Phi) is 3.52. The van der Waals surface area contributed by atoms with Gasteiger partial charge in [-0.2, -0.15) is 0 Å². The third-order valence-electron chi connectivity index (χ3n) is 3.67. The summed E-state index contributed by atoms with van der Waals surface area (Å²) in [5.41, 5.74) is 2.98. The quantitative estimate of drug-likeness (QED) is 0.740. The second kappa shape index (κ2) is 5.48. The summed E-state index contributed by atoms with van der Waals surface area (Å²) in [6.45, 7) is 4.02. The van der Waals surface area contributed by atoms with E-state index in [9.17, 15) is 4.79 Å². The van der Waals surface area contributed by atoms with Crippen molar-refractivity contribution >= 4 is 10.9 Å². The van der Waals surface area contributed by atoms with Crippen LogP contribution in [-0.4, -0.2) is 14.5 Å². The molecule has 0 saturated heterocycles. The van der Waals surface area contributed by atoms with Crippen LogP contribution in [-0.2, 0) is 6.42 Å². The molecule has 0 saturated carbocycles. The maximum atomic E-state index is 12.6. The normalized spacial score (nSPS) is 12.5. The predicted octanol–water partition coefficient (Wildman–Crippen LogP) is 2.90. The number of hydrogen-bond acceptors (Lipinski definition) is 3. The molecule has 4 nitrogen and oxygen atoms in total. The monoisotopic (exact) mass is 279 g/mol. The van der Waals surface area contributed by atoms with Gasteiger partial charge in [0.05, 0.1) is 17.2 Å². The highest BCUT2D eigenvalue weighted by Crippen LogP contribution is 2.14. The summed E-state index contributed by atoms with van der Waals surface area (Å²) in [4.78, 5) is 21.1. The Bertz CT molecular complexity index is 824. The first kappa shape index (κ1) is 13.5. The average molecular weight is 279 g/mol. The zero-order valence-electron chi connectivity index (χ0n) is 12.2. The van der Waals surface area contributed by atoms with Gasteiger partial charge in [0, 0.05) is 18.4 Å². The fraction of sp³-hybridized carbons (Fsp3) is 0.235. The molecule has 0 fully saturated rings. The summed E-state index contributed by atoms with van der Waals surface area (Å²) in [5, 5.41) is 0.668. The van der Waals surface area contributed by atoms with Gasteiger partial charge in [0.1, 0.15) is 0 Å². The maximum Gasteiger partial charge on any atom is 0.261 e. The van der Waals surface area contributed by atoms with E-state index in [1.807, 2.05) is 50.4 Å². The van der Waals surface area contributed by atoms with Crippen LogP contribution in [0.15, 0.2) is 53.8 Å². The first-order chi connectivity index (χ1) is 10.1. The van der Waals surface area contributed by atoms with Crippen molar-refractivity contribution in [2.45, 2.75) is 26.3 Å². The molecular formula is C17H17N3O. The summed E-state index contributed by atoms with van der Waals surface area (Å²) < 4.78 is 1.70. The Hall–Kier alpha value is -2.49. The summed E-state index contributed by atoms with van der Waals surface area (Å²) in [5.74, 6) is 0. The Morgan fingerprint density at radius 1 is 1.29 bits per heavy atom. The molecule has 3 rings (SSSR count). The summed E-state index contributed by atoms with van der Waals surface area (Å²) in [6.07, 6.45) is 5.98. The van der Waals surface area contributed by atoms with Gasteiger partial charge in [-0.25, -0.2) is 4.98 Å². The van der Waals surface area contributed by atoms with Crippen molar-refractivity contribution < 1.29 is 0 Å². The van der Waals surface area contributed by atoms with E-state index in [0.717, 1.165) is 23.1 Å². The molecule has 0 spiro atoms. The zero-order valence-corrected chi connectivity index (χ0v) is 12.2. The molecule has 0 aliphatic rings. The molecule has 21 heavy (non-hydrogen) atoms. The van der Waals surface area contributed by atoms with Gasteiger partial charge < -0.3 is 0 Å². The number of fused-ring (bicyclic) bond motifs is 1. The number of hydrogen-bond donors (Lipinski definition) is 0. The summed E-state index contributed by atoms with van der Waals surface area (Å²) in [6, 6.07) is 9.71. The van der Waals surface area contributed by atoms with E-state index in [2.05, 4.69) is 9.97 Å². The SMILES string of the molecule is Cc1ccc2c(=O)n(C(C)Cc3cccnc3)cnc2c1. The zero-order chi connectivity index (χ0) is 14.8. The van der Waals surface area contributed by atoms with Crippen LogP contribution in [0, 0.1) is 6.92 Å². The first-order valence-electron chi connectivity index (χ1n) is 7.01. The van der Waals surface area contributed by atoms with Crippen LogP contribution in [0.4, 0.5) is 0 Å². The van der Waals surface area contributed by atoms with Crippen LogP contribution in [0.2, 0.25) is 0 Å². The van der Waals surface area contributed by atoms with Gasteiger partial charge in [-0.15, -0.1) is 0 Å². The lowest BCUT2D eigenvalue weighted by atomic mass is 10.1. The highest BCUT2D eigenvalue weighted by atomic mass is 16.1. The second-order valence-electron chi connectivity index (χ2n) is 5.39. The number of benzene rings is 1. The van der Waals surface area contributed by atoms with Crippen LogP contribution < -0.4 is 5.56 Å². The van der Waals surface area contributed by atoms with Crippen molar-refractivity contribution in [3.05, 3.63) is 70.5 Å². The Balaban J connectivity index is 1.99. The minimum Gasteiger partial charge on any atom is -0.296 e. The van der Waals surface area contributed by atoms with Crippen LogP contribution in [0.1, 0.15) is 24.1 Å². The molecule has 0 amide bonds. The molecule has 106 valence electrons. The summed E-state index contributed by atoms with van der Waals surface area (Å²) >= 11 is 0. The van der Waals surface area contributed by atoms with Crippen molar-refractivity contribution in [1.29, 1.82) is 0 Å². The van der Waals surface area contributed by atoms with Gasteiger partial charge in [0.2, 0.25) is 0 Å². The fourth-order valence-electron chi connectivity index (χ4n) is 2.52. The second-order valence-corrected chi connectivity index (χ2v) is 5.39. The lowest BCUT2D eigenvalue weighted by molar-refractivity contribution is 0.522. The lowest BCUT2D eigenvalue weighted by Crippen LogP contribution is -2.25. The van der Waals surface area contributed by atoms with Gasteiger partial charge in [-0.05, 0) is 49.6 Å². The smallest absolute Gasteiger partial charge is 0.261 e. The highest BCUT2D eigenvalue weighted by molar-refractivity contribution is 5.77.